The van der Waals surface area contributed by atoms with Crippen molar-refractivity contribution >= 4 is 52.0 Å². The van der Waals surface area contributed by atoms with Crippen molar-refractivity contribution in [1.29, 1.82) is 0 Å². The van der Waals surface area contributed by atoms with Gasteiger partial charge in [-0.15, -0.1) is 0 Å². The van der Waals surface area contributed by atoms with Crippen LogP contribution >= 0.6 is 35.0 Å². The van der Waals surface area contributed by atoms with Crippen LogP contribution in [0.1, 0.15) is 55.3 Å². The van der Waals surface area contributed by atoms with E-state index in [1.165, 1.54) is 0 Å². The van der Waals surface area contributed by atoms with Gasteiger partial charge in [-0.1, -0.05) is 73.1 Å². The number of benzene rings is 1. The molecule has 1 unspecified atom stereocenters. The highest BCUT2D eigenvalue weighted by atomic mass is 35.5. The largest absolute Gasteiger partial charge is 0.480 e. The zero-order valence-electron chi connectivity index (χ0n) is 16.3. The van der Waals surface area contributed by atoms with E-state index >= 15 is 0 Å². The molecule has 1 aromatic carbocycles. The van der Waals surface area contributed by atoms with Crippen molar-refractivity contribution < 1.29 is 14.7 Å². The summed E-state index contributed by atoms with van der Waals surface area (Å²) in [6, 6.07) is 3.78. The first kappa shape index (κ1) is 23.8. The number of nitrogens with one attached hydrogen (secondary N) is 2. The van der Waals surface area contributed by atoms with Gasteiger partial charge in [0.25, 0.3) is 5.91 Å². The van der Waals surface area contributed by atoms with Gasteiger partial charge in [-0.05, 0) is 25.0 Å². The summed E-state index contributed by atoms with van der Waals surface area (Å²) in [4.78, 5) is 28.2. The van der Waals surface area contributed by atoms with Crippen LogP contribution in [0.25, 0.3) is 0 Å². The summed E-state index contributed by atoms with van der Waals surface area (Å²) in [6.07, 6.45) is 6.44. The van der Waals surface area contributed by atoms with Crippen molar-refractivity contribution in [2.75, 3.05) is 18.8 Å². The maximum absolute atomic E-state index is 12.4. The molecular formula is C20H27Cl2N3O3S. The van der Waals surface area contributed by atoms with Gasteiger partial charge in [0.15, 0.2) is 5.17 Å². The number of carbonyl (C=O) groups is 2. The molecular weight excluding hydrogens is 433 g/mol. The van der Waals surface area contributed by atoms with Gasteiger partial charge in [-0.2, -0.15) is 0 Å². The summed E-state index contributed by atoms with van der Waals surface area (Å²) >= 11 is 13.8. The molecule has 6 nitrogen and oxygen atoms in total. The molecule has 1 amide bonds. The second-order valence-corrected chi connectivity index (χ2v) is 8.73. The Balaban J connectivity index is 1.61. The molecule has 1 atom stereocenters. The number of halogens is 2. The molecule has 0 saturated heterocycles. The molecule has 0 saturated carbocycles. The Labute approximate surface area is 185 Å². The summed E-state index contributed by atoms with van der Waals surface area (Å²) in [5.41, 5.74) is 0.109. The van der Waals surface area contributed by atoms with E-state index in [1.807, 2.05) is 0 Å². The minimum Gasteiger partial charge on any atom is -0.480 e. The van der Waals surface area contributed by atoms with Gasteiger partial charge in [0, 0.05) is 12.3 Å². The predicted octanol–water partition coefficient (Wildman–Crippen LogP) is 4.60. The third-order valence-corrected chi connectivity index (χ3v) is 6.14. The van der Waals surface area contributed by atoms with Crippen molar-refractivity contribution in [1.82, 2.24) is 10.6 Å². The number of amidine groups is 1. The standard InChI is InChI=1S/C20H27Cl2N3O3S/c21-14-8-7-9-15(22)17(14)18(26)25-16(19(27)28)10-5-3-1-2-4-6-11-23-20-24-12-13-29-20/h7-9,16H,1-6,10-13H2,(H,23,24)(H,25,26)(H,27,28). The summed E-state index contributed by atoms with van der Waals surface area (Å²) in [6.45, 7) is 1.86. The van der Waals surface area contributed by atoms with Gasteiger partial charge in [-0.3, -0.25) is 9.79 Å². The SMILES string of the molecule is O=C(NC(CCCCCCCCNC1=NCCS1)C(=O)O)c1c(Cl)cccc1Cl. The Morgan fingerprint density at radius 3 is 2.38 bits per heavy atom. The quantitative estimate of drug-likeness (QED) is 0.397. The molecule has 1 aliphatic heterocycles. The van der Waals surface area contributed by atoms with Gasteiger partial charge >= 0.3 is 5.97 Å². The van der Waals surface area contributed by atoms with Crippen LogP contribution in [0.3, 0.4) is 0 Å². The highest BCUT2D eigenvalue weighted by Gasteiger charge is 2.22. The number of carboxylic acids is 1. The van der Waals surface area contributed by atoms with Crippen LogP contribution in [0.15, 0.2) is 23.2 Å². The lowest BCUT2D eigenvalue weighted by molar-refractivity contribution is -0.139. The number of nitrogens with zero attached hydrogens (tertiary/aromatic N) is 1. The van der Waals surface area contributed by atoms with Gasteiger partial charge < -0.3 is 15.7 Å². The first-order chi connectivity index (χ1) is 14.0. The lowest BCUT2D eigenvalue weighted by Gasteiger charge is -2.15. The van der Waals surface area contributed by atoms with Crippen molar-refractivity contribution in [3.8, 4) is 0 Å². The van der Waals surface area contributed by atoms with E-state index in [2.05, 4.69) is 15.6 Å². The van der Waals surface area contributed by atoms with Crippen LogP contribution in [0.4, 0.5) is 0 Å². The number of aliphatic carboxylic acids is 1. The average molecular weight is 460 g/mol. The van der Waals surface area contributed by atoms with Crippen LogP contribution in [-0.2, 0) is 4.79 Å². The molecule has 29 heavy (non-hydrogen) atoms. The van der Waals surface area contributed by atoms with Crippen molar-refractivity contribution in [2.24, 2.45) is 4.99 Å². The van der Waals surface area contributed by atoms with E-state index in [-0.39, 0.29) is 15.6 Å². The highest BCUT2D eigenvalue weighted by molar-refractivity contribution is 8.14. The van der Waals surface area contributed by atoms with Crippen LogP contribution in [0, 0.1) is 0 Å². The fourth-order valence-electron chi connectivity index (χ4n) is 3.02. The monoisotopic (exact) mass is 459 g/mol. The lowest BCUT2D eigenvalue weighted by Crippen LogP contribution is -2.41. The minimum absolute atomic E-state index is 0.109. The van der Waals surface area contributed by atoms with E-state index in [0.717, 1.165) is 62.5 Å². The molecule has 0 aliphatic carbocycles. The highest BCUT2D eigenvalue weighted by Crippen LogP contribution is 2.24. The number of aliphatic imine (C=N–C) groups is 1. The Morgan fingerprint density at radius 1 is 1.10 bits per heavy atom. The fraction of sp³-hybridized carbons (Fsp3) is 0.550. The molecule has 0 radical (unpaired) electrons. The van der Waals surface area contributed by atoms with E-state index in [4.69, 9.17) is 23.2 Å². The average Bonchev–Trinajstić information content (AvgIpc) is 3.19. The van der Waals surface area contributed by atoms with Gasteiger partial charge in [0.1, 0.15) is 6.04 Å². The maximum Gasteiger partial charge on any atom is 0.326 e. The van der Waals surface area contributed by atoms with Crippen molar-refractivity contribution in [3.63, 3.8) is 0 Å². The molecule has 1 heterocycles. The first-order valence-corrected chi connectivity index (χ1v) is 11.6. The maximum atomic E-state index is 12.4. The number of rotatable bonds is 12. The summed E-state index contributed by atoms with van der Waals surface area (Å²) < 4.78 is 0. The summed E-state index contributed by atoms with van der Waals surface area (Å²) in [5, 5.41) is 16.7. The Hall–Kier alpha value is -1.44. The zero-order valence-corrected chi connectivity index (χ0v) is 18.6. The smallest absolute Gasteiger partial charge is 0.326 e. The molecule has 0 aromatic heterocycles. The van der Waals surface area contributed by atoms with E-state index in [1.54, 1.807) is 30.0 Å². The number of carbonyl (C=O) groups excluding carboxylic acids is 1. The van der Waals surface area contributed by atoms with Crippen LogP contribution in [-0.4, -0.2) is 47.0 Å². The van der Waals surface area contributed by atoms with Crippen molar-refractivity contribution in [2.45, 2.75) is 51.0 Å². The Morgan fingerprint density at radius 2 is 1.76 bits per heavy atom. The Bertz CT molecular complexity index is 711. The number of hydrogen-bond donors (Lipinski definition) is 3. The van der Waals surface area contributed by atoms with Gasteiger partial charge in [-0.25, -0.2) is 4.79 Å². The predicted molar refractivity (Wildman–Crippen MR) is 120 cm³/mol. The number of carboxylic acid groups (broad SMARTS) is 1. The topological polar surface area (TPSA) is 90.8 Å². The molecule has 1 aliphatic rings. The molecule has 3 N–H and O–H groups in total. The third-order valence-electron chi connectivity index (χ3n) is 4.57. The van der Waals surface area contributed by atoms with Crippen LogP contribution in [0.5, 0.6) is 0 Å². The molecule has 1 aromatic rings. The normalized spacial score (nSPS) is 14.3. The van der Waals surface area contributed by atoms with E-state index < -0.39 is 17.9 Å². The van der Waals surface area contributed by atoms with Gasteiger partial charge in [0.2, 0.25) is 0 Å². The van der Waals surface area contributed by atoms with Crippen LogP contribution < -0.4 is 10.6 Å². The summed E-state index contributed by atoms with van der Waals surface area (Å²) in [7, 11) is 0. The van der Waals surface area contributed by atoms with Crippen LogP contribution in [0.2, 0.25) is 10.0 Å². The molecule has 0 bridgehead atoms. The second-order valence-electron chi connectivity index (χ2n) is 6.83. The lowest BCUT2D eigenvalue weighted by atomic mass is 10.0. The van der Waals surface area contributed by atoms with Gasteiger partial charge in [0.05, 0.1) is 22.2 Å². The molecule has 0 fully saturated rings. The third kappa shape index (κ3) is 8.44. The molecule has 160 valence electrons. The zero-order chi connectivity index (χ0) is 21.1. The minimum atomic E-state index is -1.06. The molecule has 9 heteroatoms. The van der Waals surface area contributed by atoms with E-state index in [0.29, 0.717) is 6.42 Å². The first-order valence-electron chi connectivity index (χ1n) is 9.88. The number of amides is 1. The Kier molecular flexibility index (Phi) is 10.7. The molecule has 0 spiro atoms. The second kappa shape index (κ2) is 13.0. The summed E-state index contributed by atoms with van der Waals surface area (Å²) in [5.74, 6) is -0.545. The van der Waals surface area contributed by atoms with E-state index in [9.17, 15) is 14.7 Å². The number of unbranched alkanes of at least 4 members (excludes halogenated alkanes) is 5. The fourth-order valence-corrected chi connectivity index (χ4v) is 4.35. The number of hydrogen-bond acceptors (Lipinski definition) is 5. The van der Waals surface area contributed by atoms with Crippen molar-refractivity contribution in [3.05, 3.63) is 33.8 Å². The molecule has 2 rings (SSSR count). The number of thioether (sulfide) groups is 1.